The Morgan fingerprint density at radius 3 is 1.38 bits per heavy atom. The molecule has 0 spiro atoms. The third-order valence-electron chi connectivity index (χ3n) is 3.25. The van der Waals surface area contributed by atoms with Gasteiger partial charge in [-0.3, -0.25) is 4.79 Å². The first-order chi connectivity index (χ1) is 10.2. The Balaban J connectivity index is -0.0000000888. The Bertz CT molecular complexity index is 333. The van der Waals surface area contributed by atoms with Gasteiger partial charge in [0.25, 0.3) is 0 Å². The average Bonchev–Trinajstić information content (AvgIpc) is 2.30. The molecule has 0 unspecified atom stereocenters. The Morgan fingerprint density at radius 1 is 0.724 bits per heavy atom. The number of carbonyl (C=O) groups excluding carboxylic acids is 2. The monoisotopic (exact) mass is 425 g/mol. The quantitative estimate of drug-likeness (QED) is 0.403. The molecular weight excluding hydrogens is 362 g/mol. The maximum atomic E-state index is 12.5. The summed E-state index contributed by atoms with van der Waals surface area (Å²) in [4.78, 5) is 22.5. The van der Waals surface area contributed by atoms with Gasteiger partial charge in [-0.2, -0.15) is 0 Å². The van der Waals surface area contributed by atoms with Crippen molar-refractivity contribution in [2.45, 2.75) is 125 Å². The Labute approximate surface area is 188 Å². The summed E-state index contributed by atoms with van der Waals surface area (Å²) in [5.41, 5.74) is 0.162. The number of hydrogen-bond acceptors (Lipinski definition) is 3. The molecule has 0 saturated heterocycles. The average molecular weight is 426 g/mol. The van der Waals surface area contributed by atoms with E-state index in [0.717, 1.165) is 13.0 Å². The molecule has 0 fully saturated rings. The van der Waals surface area contributed by atoms with Crippen LogP contribution < -0.4 is 0 Å². The zero-order valence-corrected chi connectivity index (χ0v) is 16.9. The molecular formula is C25H63NO3. The molecule has 0 aliphatic rings. The second kappa shape index (κ2) is 21.8. The maximum Gasteiger partial charge on any atom is 0.223 e. The van der Waals surface area contributed by atoms with Crippen LogP contribution in [0.5, 0.6) is 0 Å². The van der Waals surface area contributed by atoms with E-state index < -0.39 is 0 Å². The molecule has 4 heteroatoms. The molecule has 4 nitrogen and oxygen atoms in total. The van der Waals surface area contributed by atoms with Gasteiger partial charge in [0.2, 0.25) is 5.91 Å². The summed E-state index contributed by atoms with van der Waals surface area (Å²) in [6.07, 6.45) is 1.62. The second-order valence-corrected chi connectivity index (χ2v) is 9.38. The summed E-state index contributed by atoms with van der Waals surface area (Å²) in [7, 11) is 0. The summed E-state index contributed by atoms with van der Waals surface area (Å²) >= 11 is 0. The first-order valence-corrected chi connectivity index (χ1v) is 8.39. The van der Waals surface area contributed by atoms with Crippen LogP contribution in [0.2, 0.25) is 0 Å². The number of rotatable bonds is 6. The van der Waals surface area contributed by atoms with Crippen LogP contribution in [0.4, 0.5) is 0 Å². The van der Waals surface area contributed by atoms with E-state index in [4.69, 9.17) is 9.53 Å². The van der Waals surface area contributed by atoms with Gasteiger partial charge in [-0.25, -0.2) is 0 Å². The summed E-state index contributed by atoms with van der Waals surface area (Å²) in [5.74, 6) is 0.217. The molecule has 29 heavy (non-hydrogen) atoms. The fraction of sp³-hybridized carbons (Fsp3) is 0.920. The molecule has 0 N–H and O–H groups in total. The lowest BCUT2D eigenvalue weighted by atomic mass is 9.90. The van der Waals surface area contributed by atoms with Crippen molar-refractivity contribution in [1.82, 2.24) is 4.90 Å². The highest BCUT2D eigenvalue weighted by molar-refractivity contribution is 5.77. The van der Waals surface area contributed by atoms with E-state index in [9.17, 15) is 4.79 Å². The van der Waals surface area contributed by atoms with Gasteiger partial charge in [0.15, 0.2) is 0 Å². The predicted octanol–water partition coefficient (Wildman–Crippen LogP) is 8.13. The lowest BCUT2D eigenvalue weighted by Gasteiger charge is -2.37. The van der Waals surface area contributed by atoms with Crippen molar-refractivity contribution in [1.29, 1.82) is 0 Å². The van der Waals surface area contributed by atoms with Crippen molar-refractivity contribution in [3.8, 4) is 0 Å². The summed E-state index contributed by atoms with van der Waals surface area (Å²) < 4.78 is 5.72. The first kappa shape index (κ1) is 51.1. The number of hydrogen-bond donors (Lipinski definition) is 0. The van der Waals surface area contributed by atoms with Crippen LogP contribution in [-0.2, 0) is 14.3 Å². The number of amides is 1. The highest BCUT2D eigenvalue weighted by Gasteiger charge is 2.28. The Kier molecular flexibility index (Phi) is 38.4. The van der Waals surface area contributed by atoms with Crippen molar-refractivity contribution < 1.29 is 14.3 Å². The largest absolute Gasteiger partial charge is 0.380 e. The SMILES string of the molecule is C.C.C.C.C.C.C=O.CC(C)(C)CCOCCN(C(=O)CC(C)(C)C)C(C)(C)C. The molecule has 1 amide bonds. The lowest BCUT2D eigenvalue weighted by Crippen LogP contribution is -2.48. The maximum absolute atomic E-state index is 12.5. The minimum atomic E-state index is -0.157. The molecule has 0 heterocycles. The van der Waals surface area contributed by atoms with Crippen molar-refractivity contribution in [3.63, 3.8) is 0 Å². The summed E-state index contributed by atoms with van der Waals surface area (Å²) in [6, 6.07) is 0. The molecule has 0 atom stereocenters. The van der Waals surface area contributed by atoms with Crippen LogP contribution in [0.3, 0.4) is 0 Å². The first-order valence-electron chi connectivity index (χ1n) is 8.39. The van der Waals surface area contributed by atoms with Crippen LogP contribution in [0.25, 0.3) is 0 Å². The van der Waals surface area contributed by atoms with Crippen LogP contribution in [0, 0.1) is 10.8 Å². The number of carbonyl (C=O) groups is 2. The normalized spacial score (nSPS) is 9.83. The molecule has 0 aliphatic carbocycles. The number of ether oxygens (including phenoxy) is 1. The predicted molar refractivity (Wildman–Crippen MR) is 138 cm³/mol. The molecule has 0 aromatic heterocycles. The molecule has 186 valence electrons. The van der Waals surface area contributed by atoms with Gasteiger partial charge in [-0.15, -0.1) is 0 Å². The molecule has 0 radical (unpaired) electrons. The zero-order valence-electron chi connectivity index (χ0n) is 16.9. The van der Waals surface area contributed by atoms with E-state index in [1.165, 1.54) is 0 Å². The van der Waals surface area contributed by atoms with E-state index in [1.54, 1.807) is 0 Å². The van der Waals surface area contributed by atoms with Gasteiger partial charge in [0.1, 0.15) is 6.79 Å². The standard InChI is InChI=1S/C18H37NO2.CH2O.6CH4/c1-16(2,3)10-12-21-13-11-19(18(7,8)9)15(20)14-17(4,5)6;1-2;;;;;;/h10-14H2,1-9H3;1H2;6*1H4. The zero-order chi connectivity index (χ0) is 18.9. The third-order valence-corrected chi connectivity index (χ3v) is 3.25. The van der Waals surface area contributed by atoms with Crippen LogP contribution in [-0.4, -0.2) is 42.9 Å². The van der Waals surface area contributed by atoms with Crippen molar-refractivity contribution >= 4 is 12.7 Å². The smallest absolute Gasteiger partial charge is 0.223 e. The van der Waals surface area contributed by atoms with Crippen LogP contribution in [0.15, 0.2) is 0 Å². The Morgan fingerprint density at radius 2 is 1.10 bits per heavy atom. The van der Waals surface area contributed by atoms with E-state index in [2.05, 4.69) is 62.3 Å². The molecule has 0 aromatic carbocycles. The van der Waals surface area contributed by atoms with E-state index >= 15 is 0 Å². The van der Waals surface area contributed by atoms with E-state index in [1.807, 2.05) is 11.7 Å². The second-order valence-electron chi connectivity index (χ2n) is 9.38. The highest BCUT2D eigenvalue weighted by Crippen LogP contribution is 2.23. The van der Waals surface area contributed by atoms with Crippen molar-refractivity contribution in [2.24, 2.45) is 10.8 Å². The van der Waals surface area contributed by atoms with Gasteiger partial charge >= 0.3 is 0 Å². The number of nitrogens with zero attached hydrogens (tertiary/aromatic N) is 1. The van der Waals surface area contributed by atoms with E-state index in [-0.39, 0.29) is 61.4 Å². The molecule has 0 bridgehead atoms. The van der Waals surface area contributed by atoms with Crippen molar-refractivity contribution in [3.05, 3.63) is 0 Å². The third kappa shape index (κ3) is 32.0. The highest BCUT2D eigenvalue weighted by atomic mass is 16.5. The minimum absolute atomic E-state index is 0. The van der Waals surface area contributed by atoms with Gasteiger partial charge in [0, 0.05) is 25.1 Å². The fourth-order valence-corrected chi connectivity index (χ4v) is 2.02. The summed E-state index contributed by atoms with van der Waals surface area (Å²) in [5, 5.41) is 0. The topological polar surface area (TPSA) is 46.6 Å². The Hall–Kier alpha value is -0.900. The molecule has 0 saturated carbocycles. The fourth-order valence-electron chi connectivity index (χ4n) is 2.02. The van der Waals surface area contributed by atoms with Crippen LogP contribution in [0.1, 0.15) is 120 Å². The lowest BCUT2D eigenvalue weighted by molar-refractivity contribution is -0.139. The van der Waals surface area contributed by atoms with Crippen molar-refractivity contribution in [2.75, 3.05) is 19.8 Å². The van der Waals surface area contributed by atoms with Gasteiger partial charge in [-0.1, -0.05) is 86.1 Å². The van der Waals surface area contributed by atoms with Crippen LogP contribution >= 0.6 is 0 Å². The van der Waals surface area contributed by atoms with Gasteiger partial charge < -0.3 is 14.4 Å². The van der Waals surface area contributed by atoms with Gasteiger partial charge in [0.05, 0.1) is 6.61 Å². The van der Waals surface area contributed by atoms with E-state index in [0.29, 0.717) is 25.0 Å². The summed E-state index contributed by atoms with van der Waals surface area (Å²) in [6.45, 7) is 23.2. The molecule has 0 aromatic rings. The molecule has 0 aliphatic heterocycles. The molecule has 0 rings (SSSR count). The minimum Gasteiger partial charge on any atom is -0.380 e. The van der Waals surface area contributed by atoms with Gasteiger partial charge in [-0.05, 0) is 38.0 Å².